The molecule has 2 aliphatic heterocycles. The number of sulfonamides is 1. The van der Waals surface area contributed by atoms with E-state index in [0.29, 0.717) is 55.8 Å². The molecule has 1 aromatic heterocycles. The average Bonchev–Trinajstić information content (AvgIpc) is 3.18. The molecule has 1 N–H and O–H groups in total. The molecule has 0 spiro atoms. The van der Waals surface area contributed by atoms with Crippen LogP contribution in [0.25, 0.3) is 10.2 Å². The molecule has 0 unspecified atom stereocenters. The Labute approximate surface area is 190 Å². The van der Waals surface area contributed by atoms with Crippen LogP contribution >= 0.6 is 11.3 Å². The van der Waals surface area contributed by atoms with Gasteiger partial charge in [0, 0.05) is 31.1 Å². The third-order valence-electron chi connectivity index (χ3n) is 5.77. The molecule has 0 bridgehead atoms. The SMILES string of the molecule is Cc1ccc(S(=O)(=O)N2CCC(C(=O)Nc3nc4cc5c(cc4s3)OCCO5)CC2)cc1. The van der Waals surface area contributed by atoms with Gasteiger partial charge in [-0.15, -0.1) is 0 Å². The lowest BCUT2D eigenvalue weighted by atomic mass is 9.97. The summed E-state index contributed by atoms with van der Waals surface area (Å²) in [5.41, 5.74) is 1.75. The highest BCUT2D eigenvalue weighted by atomic mass is 32.2. The first-order valence-corrected chi connectivity index (χ1v) is 12.7. The monoisotopic (exact) mass is 473 g/mol. The van der Waals surface area contributed by atoms with Gasteiger partial charge in [-0.2, -0.15) is 4.31 Å². The molecule has 5 rings (SSSR count). The summed E-state index contributed by atoms with van der Waals surface area (Å²) >= 11 is 1.38. The van der Waals surface area contributed by atoms with Gasteiger partial charge in [-0.3, -0.25) is 4.79 Å². The van der Waals surface area contributed by atoms with E-state index < -0.39 is 10.0 Å². The lowest BCUT2D eigenvalue weighted by molar-refractivity contribution is -0.120. The molecule has 8 nitrogen and oxygen atoms in total. The molecule has 1 amide bonds. The molecule has 1 fully saturated rings. The number of piperidine rings is 1. The van der Waals surface area contributed by atoms with Crippen LogP contribution in [0.1, 0.15) is 18.4 Å². The number of anilines is 1. The Morgan fingerprint density at radius 2 is 1.75 bits per heavy atom. The van der Waals surface area contributed by atoms with Crippen LogP contribution in [-0.2, 0) is 14.8 Å². The number of nitrogens with one attached hydrogen (secondary N) is 1. The molecule has 1 saturated heterocycles. The fraction of sp³-hybridized carbons (Fsp3) is 0.364. The number of thiazole rings is 1. The van der Waals surface area contributed by atoms with Crippen LogP contribution in [0.4, 0.5) is 5.13 Å². The molecule has 0 aliphatic carbocycles. The maximum Gasteiger partial charge on any atom is 0.243 e. The second-order valence-electron chi connectivity index (χ2n) is 7.96. The van der Waals surface area contributed by atoms with Gasteiger partial charge in [0.25, 0.3) is 0 Å². The highest BCUT2D eigenvalue weighted by Crippen LogP contribution is 2.38. The van der Waals surface area contributed by atoms with E-state index in [0.717, 1.165) is 15.8 Å². The fourth-order valence-corrected chi connectivity index (χ4v) is 6.29. The molecular formula is C22H23N3O5S2. The number of carbonyl (C=O) groups is 1. The largest absolute Gasteiger partial charge is 0.486 e. The molecule has 0 saturated carbocycles. The summed E-state index contributed by atoms with van der Waals surface area (Å²) in [6, 6.07) is 10.5. The Balaban J connectivity index is 1.23. The molecule has 32 heavy (non-hydrogen) atoms. The van der Waals surface area contributed by atoms with E-state index in [1.165, 1.54) is 15.6 Å². The Morgan fingerprint density at radius 3 is 2.44 bits per heavy atom. The van der Waals surface area contributed by atoms with Gasteiger partial charge < -0.3 is 14.8 Å². The molecule has 168 valence electrons. The van der Waals surface area contributed by atoms with Crippen LogP contribution in [-0.4, -0.2) is 49.9 Å². The normalized spacial score (nSPS) is 17.4. The van der Waals surface area contributed by atoms with Crippen LogP contribution < -0.4 is 14.8 Å². The van der Waals surface area contributed by atoms with E-state index in [1.807, 2.05) is 19.1 Å². The number of ether oxygens (including phenoxy) is 2. The number of aromatic nitrogens is 1. The molecule has 3 heterocycles. The topological polar surface area (TPSA) is 97.8 Å². The van der Waals surface area contributed by atoms with Crippen LogP contribution in [0.3, 0.4) is 0 Å². The first-order chi connectivity index (χ1) is 15.4. The summed E-state index contributed by atoms with van der Waals surface area (Å²) in [5.74, 6) is 0.960. The third-order valence-corrected chi connectivity index (χ3v) is 8.61. The van der Waals surface area contributed by atoms with Crippen molar-refractivity contribution in [2.75, 3.05) is 31.6 Å². The van der Waals surface area contributed by atoms with Crippen molar-refractivity contribution in [2.24, 2.45) is 5.92 Å². The summed E-state index contributed by atoms with van der Waals surface area (Å²) in [4.78, 5) is 17.6. The van der Waals surface area contributed by atoms with Crippen LogP contribution in [0, 0.1) is 12.8 Å². The number of fused-ring (bicyclic) bond motifs is 2. The van der Waals surface area contributed by atoms with Gasteiger partial charge in [-0.05, 0) is 31.9 Å². The van der Waals surface area contributed by atoms with Crippen molar-refractivity contribution in [3.8, 4) is 11.5 Å². The van der Waals surface area contributed by atoms with Crippen molar-refractivity contribution < 1.29 is 22.7 Å². The van der Waals surface area contributed by atoms with Crippen LogP contribution in [0.15, 0.2) is 41.3 Å². The van der Waals surface area contributed by atoms with Crippen molar-refractivity contribution in [1.29, 1.82) is 0 Å². The number of nitrogens with zero attached hydrogens (tertiary/aromatic N) is 2. The summed E-state index contributed by atoms with van der Waals surface area (Å²) in [5, 5.41) is 3.42. The van der Waals surface area contributed by atoms with Gasteiger partial charge in [-0.1, -0.05) is 29.0 Å². The molecule has 0 radical (unpaired) electrons. The predicted octanol–water partition coefficient (Wildman–Crippen LogP) is 3.42. The van der Waals surface area contributed by atoms with E-state index in [4.69, 9.17) is 9.47 Å². The van der Waals surface area contributed by atoms with Crippen molar-refractivity contribution in [1.82, 2.24) is 9.29 Å². The number of benzene rings is 2. The van der Waals surface area contributed by atoms with E-state index >= 15 is 0 Å². The van der Waals surface area contributed by atoms with E-state index in [1.54, 1.807) is 24.3 Å². The lowest BCUT2D eigenvalue weighted by Gasteiger charge is -2.30. The minimum atomic E-state index is -3.54. The molecule has 2 aromatic carbocycles. The summed E-state index contributed by atoms with van der Waals surface area (Å²) < 4.78 is 39.3. The number of rotatable bonds is 4. The number of hydrogen-bond donors (Lipinski definition) is 1. The molecule has 2 aliphatic rings. The highest BCUT2D eigenvalue weighted by molar-refractivity contribution is 7.89. The molecule has 10 heteroatoms. The smallest absolute Gasteiger partial charge is 0.243 e. The maximum atomic E-state index is 12.9. The average molecular weight is 474 g/mol. The van der Waals surface area contributed by atoms with Gasteiger partial charge in [0.05, 0.1) is 15.1 Å². The summed E-state index contributed by atoms with van der Waals surface area (Å²) in [6.07, 6.45) is 0.940. The minimum Gasteiger partial charge on any atom is -0.486 e. The van der Waals surface area contributed by atoms with E-state index in [9.17, 15) is 13.2 Å². The van der Waals surface area contributed by atoms with E-state index in [2.05, 4.69) is 10.3 Å². The van der Waals surface area contributed by atoms with Gasteiger partial charge >= 0.3 is 0 Å². The number of aryl methyl sites for hydroxylation is 1. The van der Waals surface area contributed by atoms with Gasteiger partial charge in [0.2, 0.25) is 15.9 Å². The molecule has 0 atom stereocenters. The number of hydrogen-bond acceptors (Lipinski definition) is 7. The summed E-state index contributed by atoms with van der Waals surface area (Å²) in [7, 11) is -3.54. The second-order valence-corrected chi connectivity index (χ2v) is 10.9. The number of carbonyl (C=O) groups excluding carboxylic acids is 1. The van der Waals surface area contributed by atoms with Crippen LogP contribution in [0.2, 0.25) is 0 Å². The zero-order valence-corrected chi connectivity index (χ0v) is 19.2. The fourth-order valence-electron chi connectivity index (χ4n) is 3.94. The predicted molar refractivity (Wildman–Crippen MR) is 122 cm³/mol. The van der Waals surface area contributed by atoms with Crippen molar-refractivity contribution in [3.63, 3.8) is 0 Å². The Kier molecular flexibility index (Phi) is 5.52. The first kappa shape index (κ1) is 21.2. The zero-order chi connectivity index (χ0) is 22.3. The standard InChI is InChI=1S/C22H23N3O5S2/c1-14-2-4-16(5-3-14)32(27,28)25-8-6-15(7-9-25)21(26)24-22-23-17-12-18-19(13-20(17)31-22)30-11-10-29-18/h2-5,12-13,15H,6-11H2,1H3,(H,23,24,26). The maximum absolute atomic E-state index is 12.9. The highest BCUT2D eigenvalue weighted by Gasteiger charge is 2.32. The summed E-state index contributed by atoms with van der Waals surface area (Å²) in [6.45, 7) is 3.57. The first-order valence-electron chi connectivity index (χ1n) is 10.5. The minimum absolute atomic E-state index is 0.131. The van der Waals surface area contributed by atoms with E-state index in [-0.39, 0.29) is 16.7 Å². The Morgan fingerprint density at radius 1 is 1.09 bits per heavy atom. The zero-order valence-electron chi connectivity index (χ0n) is 17.5. The second kappa shape index (κ2) is 8.34. The lowest BCUT2D eigenvalue weighted by Crippen LogP contribution is -2.41. The van der Waals surface area contributed by atoms with Gasteiger partial charge in [0.15, 0.2) is 16.6 Å². The van der Waals surface area contributed by atoms with Gasteiger partial charge in [0.1, 0.15) is 13.2 Å². The molecule has 3 aromatic rings. The number of amides is 1. The molecular weight excluding hydrogens is 450 g/mol. The van der Waals surface area contributed by atoms with Crippen molar-refractivity contribution in [2.45, 2.75) is 24.7 Å². The van der Waals surface area contributed by atoms with Crippen LogP contribution in [0.5, 0.6) is 11.5 Å². The Bertz CT molecular complexity index is 1220. The third kappa shape index (κ3) is 4.05. The Hall–Kier alpha value is -2.69. The van der Waals surface area contributed by atoms with Crippen molar-refractivity contribution in [3.05, 3.63) is 42.0 Å². The quantitative estimate of drug-likeness (QED) is 0.624. The van der Waals surface area contributed by atoms with Gasteiger partial charge in [-0.25, -0.2) is 13.4 Å². The van der Waals surface area contributed by atoms with Crippen molar-refractivity contribution >= 4 is 42.6 Å².